The van der Waals surface area contributed by atoms with E-state index in [9.17, 15) is 0 Å². The predicted molar refractivity (Wildman–Crippen MR) is 66.0 cm³/mol. The fourth-order valence-electron chi connectivity index (χ4n) is 1.31. The third kappa shape index (κ3) is 2.48. The lowest BCUT2D eigenvalue weighted by atomic mass is 10.3. The first-order chi connectivity index (χ1) is 7.78. The monoisotopic (exact) mass is 214 g/mol. The van der Waals surface area contributed by atoms with E-state index in [-0.39, 0.29) is 0 Å². The highest BCUT2D eigenvalue weighted by Crippen LogP contribution is 2.15. The maximum atomic E-state index is 4.18. The molecule has 0 fully saturated rings. The molecule has 0 aliphatic carbocycles. The van der Waals surface area contributed by atoms with Gasteiger partial charge in [-0.25, -0.2) is 9.97 Å². The number of benzene rings is 1. The van der Waals surface area contributed by atoms with Gasteiger partial charge in [0.25, 0.3) is 0 Å². The molecule has 1 aromatic carbocycles. The van der Waals surface area contributed by atoms with Crippen LogP contribution in [0.15, 0.2) is 36.7 Å². The second-order valence-electron chi connectivity index (χ2n) is 3.54. The van der Waals surface area contributed by atoms with Crippen LogP contribution in [0.3, 0.4) is 0 Å². The normalized spacial score (nSPS) is 9.88. The summed E-state index contributed by atoms with van der Waals surface area (Å²) in [6, 6.07) is 7.96. The van der Waals surface area contributed by atoms with Crippen LogP contribution in [0.1, 0.15) is 5.56 Å². The summed E-state index contributed by atoms with van der Waals surface area (Å²) in [6.45, 7) is 1.96. The lowest BCUT2D eigenvalue weighted by molar-refractivity contribution is 1.13. The zero-order chi connectivity index (χ0) is 11.4. The van der Waals surface area contributed by atoms with Crippen molar-refractivity contribution in [2.45, 2.75) is 6.92 Å². The first-order valence-corrected chi connectivity index (χ1v) is 5.11. The molecule has 0 radical (unpaired) electrons. The molecule has 0 aliphatic rings. The minimum absolute atomic E-state index is 0.614. The zero-order valence-electron chi connectivity index (χ0n) is 9.36. The van der Waals surface area contributed by atoms with E-state index >= 15 is 0 Å². The molecular formula is C12H14N4. The Labute approximate surface area is 94.8 Å². The number of anilines is 3. The summed E-state index contributed by atoms with van der Waals surface area (Å²) in [5, 5.41) is 6.20. The van der Waals surface area contributed by atoms with Gasteiger partial charge in [-0.3, -0.25) is 0 Å². The first kappa shape index (κ1) is 10.4. The van der Waals surface area contributed by atoms with Gasteiger partial charge in [-0.1, -0.05) is 0 Å². The summed E-state index contributed by atoms with van der Waals surface area (Å²) in [7, 11) is 1.89. The molecule has 2 aromatic rings. The topological polar surface area (TPSA) is 49.8 Å². The molecule has 2 rings (SSSR count). The molecule has 0 unspecified atom stereocenters. The average Bonchev–Trinajstić information content (AvgIpc) is 2.33. The Balaban J connectivity index is 2.11. The molecule has 0 saturated heterocycles. The van der Waals surface area contributed by atoms with E-state index < -0.39 is 0 Å². The number of hydrogen-bond donors (Lipinski definition) is 2. The number of hydrogen-bond acceptors (Lipinski definition) is 4. The minimum Gasteiger partial charge on any atom is -0.388 e. The van der Waals surface area contributed by atoms with Crippen LogP contribution in [-0.2, 0) is 0 Å². The van der Waals surface area contributed by atoms with Gasteiger partial charge in [0, 0.05) is 30.8 Å². The summed E-state index contributed by atoms with van der Waals surface area (Å²) in [5.74, 6) is 0.614. The van der Waals surface area contributed by atoms with E-state index in [1.165, 1.54) is 0 Å². The molecule has 16 heavy (non-hydrogen) atoms. The van der Waals surface area contributed by atoms with Crippen molar-refractivity contribution in [1.82, 2.24) is 9.97 Å². The van der Waals surface area contributed by atoms with E-state index in [2.05, 4.69) is 20.6 Å². The van der Waals surface area contributed by atoms with Crippen LogP contribution >= 0.6 is 0 Å². The van der Waals surface area contributed by atoms with Crippen molar-refractivity contribution in [1.29, 1.82) is 0 Å². The molecule has 0 aliphatic heterocycles. The number of rotatable bonds is 3. The van der Waals surface area contributed by atoms with Crippen molar-refractivity contribution in [3.63, 3.8) is 0 Å². The maximum Gasteiger partial charge on any atom is 0.227 e. The molecule has 2 N–H and O–H groups in total. The van der Waals surface area contributed by atoms with Gasteiger partial charge in [0.1, 0.15) is 0 Å². The van der Waals surface area contributed by atoms with Crippen LogP contribution in [0.4, 0.5) is 17.3 Å². The molecule has 0 atom stereocenters. The van der Waals surface area contributed by atoms with Crippen molar-refractivity contribution in [3.05, 3.63) is 42.2 Å². The number of aromatic nitrogens is 2. The minimum atomic E-state index is 0.614. The van der Waals surface area contributed by atoms with Crippen LogP contribution < -0.4 is 10.6 Å². The van der Waals surface area contributed by atoms with Gasteiger partial charge in [0.15, 0.2) is 0 Å². The zero-order valence-corrected chi connectivity index (χ0v) is 9.36. The summed E-state index contributed by atoms with van der Waals surface area (Å²) in [5.41, 5.74) is 3.11. The lowest BCUT2D eigenvalue weighted by Crippen LogP contribution is -1.97. The molecule has 4 nitrogen and oxygen atoms in total. The standard InChI is InChI=1S/C12H14N4/c1-9-7-14-12(15-8-9)16-11-5-3-10(13-2)4-6-11/h3-8,13H,1-2H3,(H,14,15,16). The van der Waals surface area contributed by atoms with Gasteiger partial charge in [0.05, 0.1) is 0 Å². The van der Waals surface area contributed by atoms with E-state index in [1.807, 2.05) is 38.2 Å². The predicted octanol–water partition coefficient (Wildman–Crippen LogP) is 2.57. The molecular weight excluding hydrogens is 200 g/mol. The van der Waals surface area contributed by atoms with Crippen molar-refractivity contribution >= 4 is 17.3 Å². The number of nitrogens with zero attached hydrogens (tertiary/aromatic N) is 2. The van der Waals surface area contributed by atoms with Crippen molar-refractivity contribution in [3.8, 4) is 0 Å². The fraction of sp³-hybridized carbons (Fsp3) is 0.167. The highest BCUT2D eigenvalue weighted by Gasteiger charge is 1.96. The summed E-state index contributed by atoms with van der Waals surface area (Å²) >= 11 is 0. The largest absolute Gasteiger partial charge is 0.388 e. The third-order valence-corrected chi connectivity index (χ3v) is 2.21. The fourth-order valence-corrected chi connectivity index (χ4v) is 1.31. The second-order valence-corrected chi connectivity index (χ2v) is 3.54. The van der Waals surface area contributed by atoms with Crippen LogP contribution in [0, 0.1) is 6.92 Å². The van der Waals surface area contributed by atoms with Crippen LogP contribution in [0.2, 0.25) is 0 Å². The number of aryl methyl sites for hydroxylation is 1. The van der Waals surface area contributed by atoms with Crippen molar-refractivity contribution < 1.29 is 0 Å². The Morgan fingerprint density at radius 3 is 2.06 bits per heavy atom. The van der Waals surface area contributed by atoms with Crippen molar-refractivity contribution in [2.24, 2.45) is 0 Å². The van der Waals surface area contributed by atoms with E-state index in [0.29, 0.717) is 5.95 Å². The van der Waals surface area contributed by atoms with Gasteiger partial charge in [-0.15, -0.1) is 0 Å². The molecule has 4 heteroatoms. The molecule has 82 valence electrons. The smallest absolute Gasteiger partial charge is 0.227 e. The summed E-state index contributed by atoms with van der Waals surface area (Å²) < 4.78 is 0. The molecule has 0 saturated carbocycles. The molecule has 1 aromatic heterocycles. The molecule has 0 spiro atoms. The Hall–Kier alpha value is -2.10. The highest BCUT2D eigenvalue weighted by molar-refractivity contribution is 5.58. The Kier molecular flexibility index (Phi) is 3.00. The van der Waals surface area contributed by atoms with E-state index in [4.69, 9.17) is 0 Å². The Morgan fingerprint density at radius 1 is 0.938 bits per heavy atom. The van der Waals surface area contributed by atoms with Crippen LogP contribution in [0.25, 0.3) is 0 Å². The quantitative estimate of drug-likeness (QED) is 0.824. The van der Waals surface area contributed by atoms with Crippen molar-refractivity contribution in [2.75, 3.05) is 17.7 Å². The summed E-state index contributed by atoms with van der Waals surface area (Å²) in [6.07, 6.45) is 3.58. The lowest BCUT2D eigenvalue weighted by Gasteiger charge is -2.05. The van der Waals surface area contributed by atoms with Gasteiger partial charge in [-0.05, 0) is 36.8 Å². The molecule has 0 bridgehead atoms. The van der Waals surface area contributed by atoms with Crippen LogP contribution in [-0.4, -0.2) is 17.0 Å². The van der Waals surface area contributed by atoms with E-state index in [0.717, 1.165) is 16.9 Å². The Morgan fingerprint density at radius 2 is 1.50 bits per heavy atom. The average molecular weight is 214 g/mol. The molecule has 1 heterocycles. The Bertz CT molecular complexity index is 447. The van der Waals surface area contributed by atoms with Gasteiger partial charge >= 0.3 is 0 Å². The summed E-state index contributed by atoms with van der Waals surface area (Å²) in [4.78, 5) is 8.36. The van der Waals surface area contributed by atoms with Gasteiger partial charge < -0.3 is 10.6 Å². The van der Waals surface area contributed by atoms with Gasteiger partial charge in [-0.2, -0.15) is 0 Å². The van der Waals surface area contributed by atoms with Crippen LogP contribution in [0.5, 0.6) is 0 Å². The van der Waals surface area contributed by atoms with Gasteiger partial charge in [0.2, 0.25) is 5.95 Å². The second kappa shape index (κ2) is 4.61. The number of nitrogens with one attached hydrogen (secondary N) is 2. The molecule has 0 amide bonds. The van der Waals surface area contributed by atoms with E-state index in [1.54, 1.807) is 12.4 Å². The maximum absolute atomic E-state index is 4.18. The first-order valence-electron chi connectivity index (χ1n) is 5.11. The SMILES string of the molecule is CNc1ccc(Nc2ncc(C)cn2)cc1. The third-order valence-electron chi connectivity index (χ3n) is 2.21. The highest BCUT2D eigenvalue weighted by atomic mass is 15.1.